The SMILES string of the molecule is CC(C)O[C@@H](c1n[nH]c(=O)o1)c1cc(N)c(CN2[C@@H](C)CC[C@H](c3ccccc3)S2(=O)=O)cc1F. The topological polar surface area (TPSA) is 132 Å². The Kier molecular flexibility index (Phi) is 7.11. The van der Waals surface area contributed by atoms with Gasteiger partial charge >= 0.3 is 5.76 Å². The monoisotopic (exact) mass is 504 g/mol. The van der Waals surface area contributed by atoms with Gasteiger partial charge in [-0.25, -0.2) is 22.7 Å². The van der Waals surface area contributed by atoms with Gasteiger partial charge in [0.2, 0.25) is 10.0 Å². The molecule has 4 rings (SSSR count). The molecule has 1 aliphatic rings. The molecular formula is C24H29FN4O5S. The lowest BCUT2D eigenvalue weighted by Gasteiger charge is -2.37. The molecule has 1 aliphatic heterocycles. The first-order valence-corrected chi connectivity index (χ1v) is 12.9. The summed E-state index contributed by atoms with van der Waals surface area (Å²) in [7, 11) is -3.71. The number of nitrogens with one attached hydrogen (secondary N) is 1. The van der Waals surface area contributed by atoms with Crippen LogP contribution in [-0.2, 0) is 21.3 Å². The highest BCUT2D eigenvalue weighted by Crippen LogP contribution is 2.39. The second-order valence-corrected chi connectivity index (χ2v) is 11.1. The number of H-pyrrole nitrogens is 1. The molecule has 0 amide bonds. The van der Waals surface area contributed by atoms with Crippen LogP contribution in [0.4, 0.5) is 10.1 Å². The van der Waals surface area contributed by atoms with Crippen molar-refractivity contribution in [2.45, 2.75) is 63.7 Å². The Bertz CT molecular complexity index is 1340. The minimum atomic E-state index is -3.71. The van der Waals surface area contributed by atoms with E-state index in [0.717, 1.165) is 5.56 Å². The maximum absolute atomic E-state index is 15.3. The van der Waals surface area contributed by atoms with E-state index in [-0.39, 0.29) is 35.8 Å². The lowest BCUT2D eigenvalue weighted by atomic mass is 10.0. The number of rotatable bonds is 7. The number of nitrogen functional groups attached to an aromatic ring is 1. The van der Waals surface area contributed by atoms with Gasteiger partial charge in [0.05, 0.1) is 6.10 Å². The highest BCUT2D eigenvalue weighted by Gasteiger charge is 2.40. The van der Waals surface area contributed by atoms with Crippen LogP contribution < -0.4 is 11.5 Å². The summed E-state index contributed by atoms with van der Waals surface area (Å²) < 4.78 is 54.6. The van der Waals surface area contributed by atoms with Crippen LogP contribution in [0.3, 0.4) is 0 Å². The second kappa shape index (κ2) is 9.92. The van der Waals surface area contributed by atoms with Crippen molar-refractivity contribution in [2.75, 3.05) is 5.73 Å². The Balaban J connectivity index is 1.67. The number of ether oxygens (including phenoxy) is 1. The number of hydrogen-bond acceptors (Lipinski definition) is 7. The zero-order chi connectivity index (χ0) is 25.3. The van der Waals surface area contributed by atoms with Crippen molar-refractivity contribution in [3.8, 4) is 0 Å². The van der Waals surface area contributed by atoms with E-state index in [1.807, 2.05) is 37.3 Å². The summed E-state index contributed by atoms with van der Waals surface area (Å²) >= 11 is 0. The van der Waals surface area contributed by atoms with E-state index in [2.05, 4.69) is 10.2 Å². The van der Waals surface area contributed by atoms with Crippen molar-refractivity contribution in [3.63, 3.8) is 0 Å². The number of halogens is 1. The van der Waals surface area contributed by atoms with Crippen LogP contribution in [0.25, 0.3) is 0 Å². The number of aromatic nitrogens is 2. The summed E-state index contributed by atoms with van der Waals surface area (Å²) in [5.74, 6) is -1.60. The van der Waals surface area contributed by atoms with Crippen LogP contribution in [0, 0.1) is 5.82 Å². The summed E-state index contributed by atoms with van der Waals surface area (Å²) in [6.07, 6.45) is -0.264. The summed E-state index contributed by atoms with van der Waals surface area (Å²) in [5, 5.41) is 5.25. The van der Waals surface area contributed by atoms with E-state index in [1.54, 1.807) is 13.8 Å². The van der Waals surface area contributed by atoms with Gasteiger partial charge in [0.15, 0.2) is 6.10 Å². The van der Waals surface area contributed by atoms with Gasteiger partial charge in [-0.15, -0.1) is 5.10 Å². The maximum Gasteiger partial charge on any atom is 0.434 e. The predicted octanol–water partition coefficient (Wildman–Crippen LogP) is 3.65. The second-order valence-electron chi connectivity index (χ2n) is 9.00. The van der Waals surface area contributed by atoms with Crippen molar-refractivity contribution in [1.82, 2.24) is 14.5 Å². The Hall–Kier alpha value is -3.02. The molecule has 1 saturated heterocycles. The number of nitrogens with two attached hydrogens (primary N) is 1. The van der Waals surface area contributed by atoms with Crippen molar-refractivity contribution >= 4 is 15.7 Å². The summed E-state index contributed by atoms with van der Waals surface area (Å²) in [5.41, 5.74) is 7.57. The lowest BCUT2D eigenvalue weighted by Crippen LogP contribution is -2.44. The number of nitrogens with zero attached hydrogens (tertiary/aromatic N) is 2. The van der Waals surface area contributed by atoms with Crippen molar-refractivity contribution in [3.05, 3.63) is 81.4 Å². The van der Waals surface area contributed by atoms with Crippen LogP contribution in [0.1, 0.15) is 67.5 Å². The molecule has 0 aliphatic carbocycles. The third-order valence-corrected chi connectivity index (χ3v) is 8.52. The van der Waals surface area contributed by atoms with Gasteiger partial charge in [0.25, 0.3) is 5.89 Å². The first-order chi connectivity index (χ1) is 16.6. The van der Waals surface area contributed by atoms with E-state index in [9.17, 15) is 13.2 Å². The minimum Gasteiger partial charge on any atom is -0.398 e. The van der Waals surface area contributed by atoms with Gasteiger partial charge in [-0.05, 0) is 56.9 Å². The Morgan fingerprint density at radius 1 is 1.26 bits per heavy atom. The van der Waals surface area contributed by atoms with Crippen LogP contribution in [0.2, 0.25) is 0 Å². The minimum absolute atomic E-state index is 0.0342. The number of hydrogen-bond donors (Lipinski definition) is 2. The number of sulfonamides is 1. The number of anilines is 1. The van der Waals surface area contributed by atoms with E-state index in [4.69, 9.17) is 14.9 Å². The molecule has 0 saturated carbocycles. The highest BCUT2D eigenvalue weighted by molar-refractivity contribution is 7.89. The molecule has 0 bridgehead atoms. The molecule has 0 unspecified atom stereocenters. The quantitative estimate of drug-likeness (QED) is 0.470. The van der Waals surface area contributed by atoms with Crippen LogP contribution in [0.5, 0.6) is 0 Å². The highest BCUT2D eigenvalue weighted by atomic mass is 32.2. The average molecular weight is 505 g/mol. The number of aromatic amines is 1. The molecule has 1 aromatic heterocycles. The van der Waals surface area contributed by atoms with Crippen molar-refractivity contribution < 1.29 is 22.0 Å². The maximum atomic E-state index is 15.3. The van der Waals surface area contributed by atoms with Gasteiger partial charge in [0.1, 0.15) is 11.1 Å². The third kappa shape index (κ3) is 5.16. The fourth-order valence-electron chi connectivity index (χ4n) is 4.40. The van der Waals surface area contributed by atoms with Gasteiger partial charge in [-0.1, -0.05) is 30.3 Å². The molecule has 9 nitrogen and oxygen atoms in total. The first-order valence-electron chi connectivity index (χ1n) is 11.4. The molecule has 11 heteroatoms. The molecule has 0 spiro atoms. The molecule has 2 aromatic carbocycles. The summed E-state index contributed by atoms with van der Waals surface area (Å²) in [6.45, 7) is 5.27. The Morgan fingerprint density at radius 2 is 1.97 bits per heavy atom. The fraction of sp³-hybridized carbons (Fsp3) is 0.417. The lowest BCUT2D eigenvalue weighted by molar-refractivity contribution is 0.0131. The van der Waals surface area contributed by atoms with Gasteiger partial charge in [0, 0.05) is 23.8 Å². The Morgan fingerprint density at radius 3 is 2.60 bits per heavy atom. The van der Waals surface area contributed by atoms with Crippen LogP contribution in [-0.4, -0.2) is 35.1 Å². The largest absolute Gasteiger partial charge is 0.434 e. The van der Waals surface area contributed by atoms with Crippen molar-refractivity contribution in [1.29, 1.82) is 0 Å². The molecule has 3 atom stereocenters. The van der Waals surface area contributed by atoms with Crippen molar-refractivity contribution in [2.24, 2.45) is 0 Å². The van der Waals surface area contributed by atoms with E-state index in [0.29, 0.717) is 18.4 Å². The smallest absolute Gasteiger partial charge is 0.398 e. The van der Waals surface area contributed by atoms with Gasteiger partial charge in [-0.3, -0.25) is 0 Å². The molecule has 2 heterocycles. The van der Waals surface area contributed by atoms with E-state index in [1.165, 1.54) is 16.4 Å². The van der Waals surface area contributed by atoms with Crippen LogP contribution >= 0.6 is 0 Å². The predicted molar refractivity (Wildman–Crippen MR) is 128 cm³/mol. The molecule has 3 N–H and O–H groups in total. The van der Waals surface area contributed by atoms with E-state index < -0.39 is 33.0 Å². The summed E-state index contributed by atoms with van der Waals surface area (Å²) in [6, 6.07) is 11.4. The molecule has 0 radical (unpaired) electrons. The Labute approximate surface area is 203 Å². The zero-order valence-corrected chi connectivity index (χ0v) is 20.6. The fourth-order valence-corrected chi connectivity index (χ4v) is 6.58. The molecule has 1 fully saturated rings. The number of benzene rings is 2. The standard InChI is InChI=1S/C24H29FN4O5S/c1-14(2)33-22(23-27-28-24(30)34-23)18-12-20(26)17(11-19(18)25)13-29-15(3)9-10-21(35(29,31)32)16-7-5-4-6-8-16/h4-8,11-12,14-15,21-22H,9-10,13,26H2,1-3H3,(H,28,30)/t15-,21+,22+/m0/s1. The molecule has 3 aromatic rings. The molecule has 188 valence electrons. The first kappa shape index (κ1) is 25.1. The van der Waals surface area contributed by atoms with Gasteiger partial charge in [-0.2, -0.15) is 4.31 Å². The normalized spacial score (nSPS) is 21.3. The van der Waals surface area contributed by atoms with Crippen LogP contribution in [0.15, 0.2) is 51.7 Å². The average Bonchev–Trinajstić information content (AvgIpc) is 3.23. The van der Waals surface area contributed by atoms with Gasteiger partial charge < -0.3 is 14.9 Å². The zero-order valence-electron chi connectivity index (χ0n) is 19.8. The molecular weight excluding hydrogens is 475 g/mol. The molecule has 35 heavy (non-hydrogen) atoms. The summed E-state index contributed by atoms with van der Waals surface area (Å²) in [4.78, 5) is 11.4. The third-order valence-electron chi connectivity index (χ3n) is 6.15. The van der Waals surface area contributed by atoms with E-state index >= 15 is 4.39 Å².